The second-order valence-corrected chi connectivity index (χ2v) is 12.2. The third-order valence-electron chi connectivity index (χ3n) is 7.18. The summed E-state index contributed by atoms with van der Waals surface area (Å²) in [5, 5.41) is 5.78. The van der Waals surface area contributed by atoms with Crippen molar-refractivity contribution >= 4 is 39.1 Å². The molecule has 3 aromatic carbocycles. The third-order valence-corrected chi connectivity index (χ3v) is 9.34. The van der Waals surface area contributed by atoms with Crippen LogP contribution in [0.5, 0.6) is 11.5 Å². The molecule has 0 aliphatic carbocycles. The summed E-state index contributed by atoms with van der Waals surface area (Å²) in [5.41, 5.74) is 1.58. The SMILES string of the molecule is COc1ccc(CCNC(=O)c2ccccc2NC(=O)C2CCN(S(=O)(=O)Cc3c(F)cccc3Cl)CC2)cc1OC. The van der Waals surface area contributed by atoms with Crippen molar-refractivity contribution in [2.45, 2.75) is 25.0 Å². The molecule has 0 bridgehead atoms. The molecule has 2 amide bonds. The van der Waals surface area contributed by atoms with E-state index in [0.717, 1.165) is 5.56 Å². The molecule has 1 aliphatic rings. The molecule has 1 fully saturated rings. The summed E-state index contributed by atoms with van der Waals surface area (Å²) in [5.74, 6) is -1.08. The van der Waals surface area contributed by atoms with Gasteiger partial charge in [0.1, 0.15) is 5.82 Å². The van der Waals surface area contributed by atoms with Gasteiger partial charge in [0.2, 0.25) is 15.9 Å². The first-order valence-electron chi connectivity index (χ1n) is 13.4. The number of anilines is 1. The minimum Gasteiger partial charge on any atom is -0.493 e. The third kappa shape index (κ3) is 7.58. The van der Waals surface area contributed by atoms with Gasteiger partial charge < -0.3 is 20.1 Å². The number of para-hydroxylation sites is 1. The van der Waals surface area contributed by atoms with Crippen molar-refractivity contribution in [2.24, 2.45) is 5.92 Å². The Morgan fingerprint density at radius 2 is 1.71 bits per heavy atom. The number of amides is 2. The molecule has 4 rings (SSSR count). The summed E-state index contributed by atoms with van der Waals surface area (Å²) in [4.78, 5) is 26.1. The van der Waals surface area contributed by atoms with Crippen LogP contribution in [-0.2, 0) is 27.0 Å². The van der Waals surface area contributed by atoms with Gasteiger partial charge in [0.25, 0.3) is 5.91 Å². The van der Waals surface area contributed by atoms with E-state index in [9.17, 15) is 22.4 Å². The Morgan fingerprint density at radius 3 is 2.40 bits per heavy atom. The molecule has 9 nitrogen and oxygen atoms in total. The van der Waals surface area contributed by atoms with Crippen LogP contribution in [-0.4, -0.2) is 58.4 Å². The number of piperidine rings is 1. The average molecular weight is 618 g/mol. The second kappa shape index (κ2) is 14.0. The Balaban J connectivity index is 1.31. The van der Waals surface area contributed by atoms with Crippen molar-refractivity contribution < 1.29 is 31.9 Å². The Kier molecular flexibility index (Phi) is 10.4. The predicted octanol–water partition coefficient (Wildman–Crippen LogP) is 4.65. The van der Waals surface area contributed by atoms with Gasteiger partial charge in [-0.15, -0.1) is 0 Å². The van der Waals surface area contributed by atoms with Gasteiger partial charge in [-0.1, -0.05) is 35.9 Å². The first kappa shape index (κ1) is 31.3. The highest BCUT2D eigenvalue weighted by atomic mass is 35.5. The zero-order chi connectivity index (χ0) is 30.3. The van der Waals surface area contributed by atoms with Crippen molar-refractivity contribution in [3.8, 4) is 11.5 Å². The standard InChI is InChI=1S/C30H33ClFN3O6S/c1-40-27-11-10-20(18-28(27)41-2)12-15-33-30(37)22-6-3-4-9-26(22)34-29(36)21-13-16-35(17-14-21)42(38,39)19-23-24(31)7-5-8-25(23)32/h3-11,18,21H,12-17,19H2,1-2H3,(H,33,37)(H,34,36). The lowest BCUT2D eigenvalue weighted by atomic mass is 9.97. The summed E-state index contributed by atoms with van der Waals surface area (Å²) in [7, 11) is -0.709. The number of nitrogens with zero attached hydrogens (tertiary/aromatic N) is 1. The van der Waals surface area contributed by atoms with E-state index >= 15 is 0 Å². The highest BCUT2D eigenvalue weighted by Gasteiger charge is 2.32. The molecule has 0 saturated carbocycles. The lowest BCUT2D eigenvalue weighted by Gasteiger charge is -2.30. The highest BCUT2D eigenvalue weighted by molar-refractivity contribution is 7.88. The number of hydrogen-bond donors (Lipinski definition) is 2. The maximum absolute atomic E-state index is 14.2. The molecule has 1 heterocycles. The largest absolute Gasteiger partial charge is 0.493 e. The molecule has 0 unspecified atom stereocenters. The Labute approximate surface area is 250 Å². The van der Waals surface area contributed by atoms with Gasteiger partial charge in [-0.25, -0.2) is 17.1 Å². The summed E-state index contributed by atoms with van der Waals surface area (Å²) >= 11 is 6.02. The van der Waals surface area contributed by atoms with Gasteiger partial charge in [0.05, 0.1) is 31.2 Å². The fourth-order valence-electron chi connectivity index (χ4n) is 4.82. The zero-order valence-corrected chi connectivity index (χ0v) is 24.9. The number of carbonyl (C=O) groups is 2. The van der Waals surface area contributed by atoms with Crippen LogP contribution in [0.3, 0.4) is 0 Å². The van der Waals surface area contributed by atoms with Crippen LogP contribution in [0, 0.1) is 11.7 Å². The molecule has 1 aliphatic heterocycles. The van der Waals surface area contributed by atoms with Crippen molar-refractivity contribution in [3.63, 3.8) is 0 Å². The quantitative estimate of drug-likeness (QED) is 0.324. The maximum Gasteiger partial charge on any atom is 0.253 e. The minimum absolute atomic E-state index is 0.0523. The molecule has 0 spiro atoms. The number of hydrogen-bond acceptors (Lipinski definition) is 6. The van der Waals surface area contributed by atoms with E-state index < -0.39 is 27.5 Å². The number of methoxy groups -OCH3 is 2. The van der Waals surface area contributed by atoms with Crippen LogP contribution in [0.15, 0.2) is 60.7 Å². The highest BCUT2D eigenvalue weighted by Crippen LogP contribution is 2.28. The summed E-state index contributed by atoms with van der Waals surface area (Å²) in [6.45, 7) is 0.594. The van der Waals surface area contributed by atoms with E-state index in [1.54, 1.807) is 44.6 Å². The molecule has 12 heteroatoms. The van der Waals surface area contributed by atoms with E-state index in [0.29, 0.717) is 35.7 Å². The average Bonchev–Trinajstić information content (AvgIpc) is 2.99. The number of nitrogens with one attached hydrogen (secondary N) is 2. The van der Waals surface area contributed by atoms with Crippen LogP contribution < -0.4 is 20.1 Å². The number of sulfonamides is 1. The van der Waals surface area contributed by atoms with Crippen LogP contribution in [0.4, 0.5) is 10.1 Å². The van der Waals surface area contributed by atoms with E-state index in [4.69, 9.17) is 21.1 Å². The van der Waals surface area contributed by atoms with Gasteiger partial charge in [-0.05, 0) is 61.2 Å². The number of halogens is 2. The second-order valence-electron chi connectivity index (χ2n) is 9.86. The van der Waals surface area contributed by atoms with Gasteiger partial charge in [-0.3, -0.25) is 9.59 Å². The number of ether oxygens (including phenoxy) is 2. The fraction of sp³-hybridized carbons (Fsp3) is 0.333. The molecule has 2 N–H and O–H groups in total. The maximum atomic E-state index is 14.2. The lowest BCUT2D eigenvalue weighted by molar-refractivity contribution is -0.120. The molecule has 3 aromatic rings. The van der Waals surface area contributed by atoms with E-state index in [1.807, 2.05) is 12.1 Å². The normalized spacial score (nSPS) is 14.3. The fourth-order valence-corrected chi connectivity index (χ4v) is 6.73. The van der Waals surface area contributed by atoms with Crippen LogP contribution in [0.25, 0.3) is 0 Å². The summed E-state index contributed by atoms with van der Waals surface area (Å²) < 4.78 is 51.9. The van der Waals surface area contributed by atoms with Crippen LogP contribution >= 0.6 is 11.6 Å². The molecule has 0 radical (unpaired) electrons. The molecular formula is C30H33ClFN3O6S. The lowest BCUT2D eigenvalue weighted by Crippen LogP contribution is -2.42. The first-order valence-corrected chi connectivity index (χ1v) is 15.4. The van der Waals surface area contributed by atoms with Crippen LogP contribution in [0.2, 0.25) is 5.02 Å². The molecule has 1 saturated heterocycles. The summed E-state index contributed by atoms with van der Waals surface area (Å²) in [6.07, 6.45) is 1.14. The minimum atomic E-state index is -3.83. The summed E-state index contributed by atoms with van der Waals surface area (Å²) in [6, 6.07) is 16.3. The van der Waals surface area contributed by atoms with Gasteiger partial charge in [-0.2, -0.15) is 0 Å². The number of benzene rings is 3. The van der Waals surface area contributed by atoms with Crippen molar-refractivity contribution in [2.75, 3.05) is 39.2 Å². The first-order chi connectivity index (χ1) is 20.1. The Morgan fingerprint density at radius 1 is 1.00 bits per heavy atom. The Bertz CT molecular complexity index is 1520. The van der Waals surface area contributed by atoms with Crippen molar-refractivity contribution in [1.29, 1.82) is 0 Å². The number of rotatable bonds is 11. The molecular weight excluding hydrogens is 585 g/mol. The van der Waals surface area contributed by atoms with Crippen molar-refractivity contribution in [1.82, 2.24) is 9.62 Å². The van der Waals surface area contributed by atoms with Gasteiger partial charge in [0.15, 0.2) is 11.5 Å². The monoisotopic (exact) mass is 617 g/mol. The van der Waals surface area contributed by atoms with E-state index in [-0.39, 0.29) is 48.3 Å². The van der Waals surface area contributed by atoms with Gasteiger partial charge in [0, 0.05) is 36.1 Å². The number of carbonyl (C=O) groups excluding carboxylic acids is 2. The van der Waals surface area contributed by atoms with Crippen molar-refractivity contribution in [3.05, 3.63) is 88.2 Å². The molecule has 0 aromatic heterocycles. The molecule has 0 atom stereocenters. The van der Waals surface area contributed by atoms with E-state index in [1.165, 1.54) is 22.5 Å². The molecule has 42 heavy (non-hydrogen) atoms. The molecule has 224 valence electrons. The predicted molar refractivity (Wildman–Crippen MR) is 159 cm³/mol. The van der Waals surface area contributed by atoms with Crippen LogP contribution in [0.1, 0.15) is 34.3 Å². The zero-order valence-electron chi connectivity index (χ0n) is 23.4. The van der Waals surface area contributed by atoms with E-state index in [2.05, 4.69) is 10.6 Å². The van der Waals surface area contributed by atoms with Gasteiger partial charge >= 0.3 is 0 Å². The topological polar surface area (TPSA) is 114 Å². The smallest absolute Gasteiger partial charge is 0.253 e. The Hall–Kier alpha value is -3.67.